The summed E-state index contributed by atoms with van der Waals surface area (Å²) in [5.41, 5.74) is 3.02. The molecule has 2 rings (SSSR count). The lowest BCUT2D eigenvalue weighted by Gasteiger charge is -2.04. The first-order valence-electron chi connectivity index (χ1n) is 6.46. The number of aryl methyl sites for hydroxylation is 1. The Balaban J connectivity index is 2.19. The number of hydrogen-bond acceptors (Lipinski definition) is 5. The number of benzene rings is 2. The predicted octanol–water partition coefficient (Wildman–Crippen LogP) is 3.14. The van der Waals surface area contributed by atoms with Crippen molar-refractivity contribution in [2.75, 3.05) is 0 Å². The van der Waals surface area contributed by atoms with Crippen molar-refractivity contribution in [1.29, 1.82) is 0 Å². The van der Waals surface area contributed by atoms with E-state index in [0.717, 1.165) is 6.21 Å². The van der Waals surface area contributed by atoms with Gasteiger partial charge in [-0.2, -0.15) is 5.10 Å². The van der Waals surface area contributed by atoms with E-state index in [1.54, 1.807) is 31.2 Å². The summed E-state index contributed by atoms with van der Waals surface area (Å²) in [5.74, 6) is -0.579. The van der Waals surface area contributed by atoms with Crippen molar-refractivity contribution in [3.05, 3.63) is 67.7 Å². The third kappa shape index (κ3) is 3.92. The summed E-state index contributed by atoms with van der Waals surface area (Å²) in [6.45, 7) is 1.54. The minimum Gasteiger partial charge on any atom is -0.507 e. The third-order valence-corrected chi connectivity index (χ3v) is 3.71. The van der Waals surface area contributed by atoms with Crippen LogP contribution in [0.2, 0.25) is 0 Å². The van der Waals surface area contributed by atoms with Crippen LogP contribution in [0, 0.1) is 17.0 Å². The maximum absolute atomic E-state index is 12.0. The molecule has 0 bridgehead atoms. The number of carbonyl (C=O) groups is 1. The Morgan fingerprint density at radius 2 is 2.09 bits per heavy atom. The number of phenolic OH excluding ortho intramolecular Hbond substituents is 1. The number of nitrogens with one attached hydrogen (secondary N) is 1. The first-order chi connectivity index (χ1) is 10.9. The second-order valence-electron chi connectivity index (χ2n) is 4.64. The fourth-order valence-corrected chi connectivity index (χ4v) is 2.32. The Hall–Kier alpha value is -2.74. The number of carbonyl (C=O) groups excluding carboxylic acids is 1. The molecule has 0 radical (unpaired) electrons. The summed E-state index contributed by atoms with van der Waals surface area (Å²) in [4.78, 5) is 22.2. The van der Waals surface area contributed by atoms with Crippen LogP contribution < -0.4 is 5.43 Å². The average molecular weight is 378 g/mol. The minimum absolute atomic E-state index is 0.130. The van der Waals surface area contributed by atoms with E-state index in [2.05, 4.69) is 26.5 Å². The standard InChI is InChI=1S/C15H12BrN3O4/c1-9-6-11(19(22)23)7-10(14(9)20)8-17-18-15(21)12-4-2-3-5-13(12)16/h2-8,20H,1H3,(H,18,21)/b17-8-. The molecule has 2 N–H and O–H groups in total. The molecule has 23 heavy (non-hydrogen) atoms. The van der Waals surface area contributed by atoms with Crippen LogP contribution in [-0.4, -0.2) is 22.2 Å². The third-order valence-electron chi connectivity index (χ3n) is 3.01. The number of halogens is 1. The van der Waals surface area contributed by atoms with E-state index in [-0.39, 0.29) is 17.0 Å². The fraction of sp³-hybridized carbons (Fsp3) is 0.0667. The Morgan fingerprint density at radius 3 is 2.74 bits per heavy atom. The van der Waals surface area contributed by atoms with Gasteiger partial charge in [0.2, 0.25) is 0 Å². The van der Waals surface area contributed by atoms with Crippen LogP contribution >= 0.6 is 15.9 Å². The van der Waals surface area contributed by atoms with Crippen molar-refractivity contribution in [2.45, 2.75) is 6.92 Å². The summed E-state index contributed by atoms with van der Waals surface area (Å²) in [6.07, 6.45) is 1.16. The Bertz CT molecular complexity index is 805. The molecule has 0 saturated carbocycles. The van der Waals surface area contributed by atoms with E-state index < -0.39 is 10.8 Å². The molecule has 0 aromatic heterocycles. The van der Waals surface area contributed by atoms with Gasteiger partial charge < -0.3 is 5.11 Å². The van der Waals surface area contributed by atoms with E-state index in [1.807, 2.05) is 0 Å². The number of amides is 1. The molecule has 8 heteroatoms. The lowest BCUT2D eigenvalue weighted by molar-refractivity contribution is -0.384. The van der Waals surface area contributed by atoms with E-state index in [0.29, 0.717) is 15.6 Å². The van der Waals surface area contributed by atoms with Gasteiger partial charge in [-0.1, -0.05) is 12.1 Å². The highest BCUT2D eigenvalue weighted by molar-refractivity contribution is 9.10. The Kier molecular flexibility index (Phi) is 5.07. The molecular formula is C15H12BrN3O4. The minimum atomic E-state index is -0.566. The van der Waals surface area contributed by atoms with Gasteiger partial charge in [0.25, 0.3) is 11.6 Å². The molecule has 0 aliphatic heterocycles. The van der Waals surface area contributed by atoms with Crippen LogP contribution in [-0.2, 0) is 0 Å². The number of hydrazone groups is 1. The van der Waals surface area contributed by atoms with Crippen LogP contribution in [0.3, 0.4) is 0 Å². The lowest BCUT2D eigenvalue weighted by Crippen LogP contribution is -2.18. The topological polar surface area (TPSA) is 105 Å². The van der Waals surface area contributed by atoms with Gasteiger partial charge in [0.1, 0.15) is 5.75 Å². The molecule has 0 spiro atoms. The summed E-state index contributed by atoms with van der Waals surface area (Å²) in [7, 11) is 0. The lowest BCUT2D eigenvalue weighted by atomic mass is 10.1. The number of non-ortho nitro benzene ring substituents is 1. The van der Waals surface area contributed by atoms with Crippen molar-refractivity contribution in [1.82, 2.24) is 5.43 Å². The SMILES string of the molecule is Cc1cc([N+](=O)[O-])cc(/C=N\NC(=O)c2ccccc2Br)c1O. The zero-order valence-corrected chi connectivity index (χ0v) is 13.6. The van der Waals surface area contributed by atoms with Gasteiger partial charge in [-0.3, -0.25) is 14.9 Å². The molecule has 0 aliphatic carbocycles. The molecule has 1 amide bonds. The molecule has 2 aromatic carbocycles. The van der Waals surface area contributed by atoms with Crippen LogP contribution in [0.5, 0.6) is 5.75 Å². The molecule has 0 aliphatic rings. The summed E-state index contributed by atoms with van der Waals surface area (Å²) >= 11 is 3.25. The first-order valence-corrected chi connectivity index (χ1v) is 7.25. The van der Waals surface area contributed by atoms with Crippen molar-refractivity contribution in [3.8, 4) is 5.75 Å². The van der Waals surface area contributed by atoms with Crippen LogP contribution in [0.25, 0.3) is 0 Å². The molecular weight excluding hydrogens is 366 g/mol. The smallest absolute Gasteiger partial charge is 0.272 e. The van der Waals surface area contributed by atoms with E-state index >= 15 is 0 Å². The van der Waals surface area contributed by atoms with Gasteiger partial charge in [-0.05, 0) is 40.5 Å². The number of aromatic hydroxyl groups is 1. The summed E-state index contributed by atoms with van der Waals surface area (Å²) < 4.78 is 0.613. The molecule has 0 unspecified atom stereocenters. The predicted molar refractivity (Wildman–Crippen MR) is 88.7 cm³/mol. The number of nitro benzene ring substituents is 1. The largest absolute Gasteiger partial charge is 0.507 e. The van der Waals surface area contributed by atoms with Crippen molar-refractivity contribution in [2.24, 2.45) is 5.10 Å². The number of nitrogens with zero attached hydrogens (tertiary/aromatic N) is 2. The average Bonchev–Trinajstić information content (AvgIpc) is 2.51. The highest BCUT2D eigenvalue weighted by Crippen LogP contribution is 2.26. The molecule has 7 nitrogen and oxygen atoms in total. The molecule has 118 valence electrons. The fourth-order valence-electron chi connectivity index (χ4n) is 1.86. The van der Waals surface area contributed by atoms with Gasteiger partial charge in [0.05, 0.1) is 16.7 Å². The van der Waals surface area contributed by atoms with E-state index in [1.165, 1.54) is 12.1 Å². The molecule has 0 heterocycles. The normalized spacial score (nSPS) is 10.7. The number of hydrogen-bond donors (Lipinski definition) is 2. The van der Waals surface area contributed by atoms with Gasteiger partial charge in [0.15, 0.2) is 0 Å². The van der Waals surface area contributed by atoms with Gasteiger partial charge >= 0.3 is 0 Å². The molecule has 0 fully saturated rings. The number of nitro groups is 1. The highest BCUT2D eigenvalue weighted by atomic mass is 79.9. The van der Waals surface area contributed by atoms with Gasteiger partial charge in [-0.25, -0.2) is 5.43 Å². The van der Waals surface area contributed by atoms with Crippen LogP contribution in [0.1, 0.15) is 21.5 Å². The zero-order chi connectivity index (χ0) is 17.0. The number of phenols is 1. The van der Waals surface area contributed by atoms with Crippen LogP contribution in [0.15, 0.2) is 46.0 Å². The number of rotatable bonds is 4. The Labute approximate surface area is 139 Å². The molecule has 0 saturated heterocycles. The quantitative estimate of drug-likeness (QED) is 0.484. The highest BCUT2D eigenvalue weighted by Gasteiger charge is 2.13. The molecule has 2 aromatic rings. The van der Waals surface area contributed by atoms with Crippen molar-refractivity contribution < 1.29 is 14.8 Å². The first kappa shape index (κ1) is 16.6. The van der Waals surface area contributed by atoms with Crippen molar-refractivity contribution in [3.63, 3.8) is 0 Å². The van der Waals surface area contributed by atoms with Crippen molar-refractivity contribution >= 4 is 33.7 Å². The monoisotopic (exact) mass is 377 g/mol. The molecule has 0 atom stereocenters. The van der Waals surface area contributed by atoms with Gasteiger partial charge in [-0.15, -0.1) is 0 Å². The van der Waals surface area contributed by atoms with E-state index in [4.69, 9.17) is 0 Å². The second-order valence-corrected chi connectivity index (χ2v) is 5.49. The van der Waals surface area contributed by atoms with Gasteiger partial charge in [0, 0.05) is 22.2 Å². The van der Waals surface area contributed by atoms with Crippen LogP contribution in [0.4, 0.5) is 5.69 Å². The van der Waals surface area contributed by atoms with E-state index in [9.17, 15) is 20.0 Å². The second kappa shape index (κ2) is 7.01. The Morgan fingerprint density at radius 1 is 1.39 bits per heavy atom. The summed E-state index contributed by atoms with van der Waals surface area (Å²) in [5, 5.41) is 24.5. The maximum atomic E-state index is 12.0. The maximum Gasteiger partial charge on any atom is 0.272 e. The zero-order valence-electron chi connectivity index (χ0n) is 12.0. The summed E-state index contributed by atoms with van der Waals surface area (Å²) in [6, 6.07) is 9.24.